The summed E-state index contributed by atoms with van der Waals surface area (Å²) in [5, 5.41) is 4.76. The molecule has 0 aliphatic carbocycles. The van der Waals surface area contributed by atoms with Crippen LogP contribution in [0.25, 0.3) is 0 Å². The van der Waals surface area contributed by atoms with Crippen LogP contribution in [0.1, 0.15) is 35.9 Å². The Balaban J connectivity index is 2.26. The molecule has 6 nitrogen and oxygen atoms in total. The molecule has 130 valence electrons. The summed E-state index contributed by atoms with van der Waals surface area (Å²) in [6.07, 6.45) is -1.02. The van der Waals surface area contributed by atoms with Crippen molar-refractivity contribution >= 4 is 17.7 Å². The van der Waals surface area contributed by atoms with E-state index in [2.05, 4.69) is 10.6 Å². The van der Waals surface area contributed by atoms with Crippen molar-refractivity contribution in [1.82, 2.24) is 10.6 Å². The lowest BCUT2D eigenvalue weighted by Gasteiger charge is -2.19. The number of carbonyl (C=O) groups is 3. The fourth-order valence-electron chi connectivity index (χ4n) is 2.21. The molecular formula is C19H20N2O4. The van der Waals surface area contributed by atoms with Crippen LogP contribution in [0.5, 0.6) is 5.75 Å². The molecule has 6 heteroatoms. The van der Waals surface area contributed by atoms with E-state index in [1.807, 2.05) is 6.07 Å². The third-order valence-electron chi connectivity index (χ3n) is 3.41. The summed E-state index contributed by atoms with van der Waals surface area (Å²) in [5.74, 6) is -0.327. The quantitative estimate of drug-likeness (QED) is 0.792. The van der Waals surface area contributed by atoms with E-state index in [1.165, 1.54) is 6.92 Å². The summed E-state index contributed by atoms with van der Waals surface area (Å²) in [7, 11) is 0. The van der Waals surface area contributed by atoms with E-state index in [9.17, 15) is 14.4 Å². The second-order valence-electron chi connectivity index (χ2n) is 5.34. The molecule has 1 atom stereocenters. The molecular weight excluding hydrogens is 320 g/mol. The van der Waals surface area contributed by atoms with Crippen molar-refractivity contribution in [3.63, 3.8) is 0 Å². The largest absolute Gasteiger partial charge is 0.476 e. The van der Waals surface area contributed by atoms with E-state index >= 15 is 0 Å². The maximum atomic E-state index is 12.5. The molecule has 0 spiro atoms. The van der Waals surface area contributed by atoms with Crippen LogP contribution < -0.4 is 15.4 Å². The lowest BCUT2D eigenvalue weighted by molar-refractivity contribution is -0.127. The summed E-state index contributed by atoms with van der Waals surface area (Å²) >= 11 is 0. The van der Waals surface area contributed by atoms with E-state index in [1.54, 1.807) is 55.5 Å². The van der Waals surface area contributed by atoms with Gasteiger partial charge in [-0.2, -0.15) is 0 Å². The summed E-state index contributed by atoms with van der Waals surface area (Å²) in [5.41, 5.74) is 1.07. The van der Waals surface area contributed by atoms with E-state index in [4.69, 9.17) is 4.74 Å². The number of urea groups is 1. The van der Waals surface area contributed by atoms with Crippen molar-refractivity contribution in [2.75, 3.05) is 6.54 Å². The summed E-state index contributed by atoms with van der Waals surface area (Å²) in [6, 6.07) is 14.8. The van der Waals surface area contributed by atoms with Crippen molar-refractivity contribution in [1.29, 1.82) is 0 Å². The standard InChI is InChI=1S/C19H20N2O4/c1-3-20-19(24)21-18(23)17(14-8-5-4-6-9-14)25-16-11-7-10-15(12-16)13(2)22/h4-12,17H,3H2,1-2H3,(H2,20,21,23,24)/t17-/m0/s1. The van der Waals surface area contributed by atoms with Crippen molar-refractivity contribution in [3.05, 3.63) is 65.7 Å². The van der Waals surface area contributed by atoms with Gasteiger partial charge in [-0.3, -0.25) is 14.9 Å². The zero-order valence-electron chi connectivity index (χ0n) is 14.1. The minimum absolute atomic E-state index is 0.103. The number of nitrogens with one attached hydrogen (secondary N) is 2. The summed E-state index contributed by atoms with van der Waals surface area (Å²) in [4.78, 5) is 35.6. The molecule has 0 bridgehead atoms. The van der Waals surface area contributed by atoms with Crippen LogP contribution in [-0.2, 0) is 4.79 Å². The molecule has 0 aromatic heterocycles. The van der Waals surface area contributed by atoms with Gasteiger partial charge in [0.05, 0.1) is 0 Å². The predicted octanol–water partition coefficient (Wildman–Crippen LogP) is 2.86. The van der Waals surface area contributed by atoms with Crippen LogP contribution in [0.15, 0.2) is 54.6 Å². The van der Waals surface area contributed by atoms with Gasteiger partial charge in [-0.1, -0.05) is 42.5 Å². The second kappa shape index (κ2) is 8.63. The molecule has 0 radical (unpaired) electrons. The van der Waals surface area contributed by atoms with Gasteiger partial charge in [0.15, 0.2) is 5.78 Å². The molecule has 0 unspecified atom stereocenters. The number of Topliss-reactive ketones (excluding diaryl/α,β-unsaturated/α-hetero) is 1. The van der Waals surface area contributed by atoms with Crippen LogP contribution in [0.4, 0.5) is 4.79 Å². The third-order valence-corrected chi connectivity index (χ3v) is 3.41. The first kappa shape index (κ1) is 18.2. The maximum absolute atomic E-state index is 12.5. The SMILES string of the molecule is CCNC(=O)NC(=O)[C@@H](Oc1cccc(C(C)=O)c1)c1ccccc1. The number of amides is 3. The van der Waals surface area contributed by atoms with Gasteiger partial charge < -0.3 is 10.1 Å². The Kier molecular flexibility index (Phi) is 6.28. The zero-order chi connectivity index (χ0) is 18.2. The molecule has 3 amide bonds. The molecule has 0 saturated heterocycles. The van der Waals surface area contributed by atoms with Crippen LogP contribution in [0.2, 0.25) is 0 Å². The number of carbonyl (C=O) groups excluding carboxylic acids is 3. The van der Waals surface area contributed by atoms with Crippen molar-refractivity contribution in [2.45, 2.75) is 20.0 Å². The van der Waals surface area contributed by atoms with Gasteiger partial charge in [0.2, 0.25) is 6.10 Å². The highest BCUT2D eigenvalue weighted by Gasteiger charge is 2.24. The van der Waals surface area contributed by atoms with Gasteiger partial charge >= 0.3 is 6.03 Å². The van der Waals surface area contributed by atoms with Gasteiger partial charge in [0, 0.05) is 17.7 Å². The molecule has 0 saturated carbocycles. The fraction of sp³-hybridized carbons (Fsp3) is 0.211. The third kappa shape index (κ3) is 5.17. The number of ether oxygens (including phenoxy) is 1. The average molecular weight is 340 g/mol. The van der Waals surface area contributed by atoms with E-state index in [0.717, 1.165) is 0 Å². The first-order chi connectivity index (χ1) is 12.0. The van der Waals surface area contributed by atoms with Crippen molar-refractivity contribution in [2.24, 2.45) is 0 Å². The smallest absolute Gasteiger partial charge is 0.321 e. The number of benzene rings is 2. The van der Waals surface area contributed by atoms with Crippen molar-refractivity contribution in [3.8, 4) is 5.75 Å². The van der Waals surface area contributed by atoms with Crippen LogP contribution >= 0.6 is 0 Å². The first-order valence-corrected chi connectivity index (χ1v) is 7.92. The van der Waals surface area contributed by atoms with Gasteiger partial charge in [0.1, 0.15) is 5.75 Å². The Morgan fingerprint density at radius 2 is 1.76 bits per heavy atom. The molecule has 0 heterocycles. The fourth-order valence-corrected chi connectivity index (χ4v) is 2.21. The Morgan fingerprint density at radius 1 is 1.04 bits per heavy atom. The van der Waals surface area contributed by atoms with Crippen LogP contribution in [-0.4, -0.2) is 24.3 Å². The highest BCUT2D eigenvalue weighted by Crippen LogP contribution is 2.23. The van der Waals surface area contributed by atoms with Crippen LogP contribution in [0.3, 0.4) is 0 Å². The molecule has 0 fully saturated rings. The van der Waals surface area contributed by atoms with Crippen molar-refractivity contribution < 1.29 is 19.1 Å². The Bertz CT molecular complexity index is 759. The number of rotatable bonds is 6. The molecule has 2 aromatic carbocycles. The molecule has 2 aromatic rings. The Hall–Kier alpha value is -3.15. The lowest BCUT2D eigenvalue weighted by atomic mass is 10.1. The van der Waals surface area contributed by atoms with E-state index in [0.29, 0.717) is 23.4 Å². The lowest BCUT2D eigenvalue weighted by Crippen LogP contribution is -2.42. The normalized spacial score (nSPS) is 11.3. The van der Waals surface area contributed by atoms with E-state index in [-0.39, 0.29) is 5.78 Å². The van der Waals surface area contributed by atoms with Crippen LogP contribution in [0, 0.1) is 0 Å². The molecule has 0 aliphatic rings. The summed E-state index contributed by atoms with van der Waals surface area (Å²) in [6.45, 7) is 3.61. The molecule has 25 heavy (non-hydrogen) atoms. The average Bonchev–Trinajstić information content (AvgIpc) is 2.60. The second-order valence-corrected chi connectivity index (χ2v) is 5.34. The number of hydrogen-bond acceptors (Lipinski definition) is 4. The van der Waals surface area contributed by atoms with Gasteiger partial charge in [-0.25, -0.2) is 4.79 Å². The number of ketones is 1. The highest BCUT2D eigenvalue weighted by atomic mass is 16.5. The van der Waals surface area contributed by atoms with Gasteiger partial charge in [-0.05, 0) is 26.0 Å². The van der Waals surface area contributed by atoms with E-state index < -0.39 is 18.0 Å². The topological polar surface area (TPSA) is 84.5 Å². The summed E-state index contributed by atoms with van der Waals surface area (Å²) < 4.78 is 5.79. The van der Waals surface area contributed by atoms with Gasteiger partial charge in [0.25, 0.3) is 5.91 Å². The monoisotopic (exact) mass is 340 g/mol. The Morgan fingerprint density at radius 3 is 2.40 bits per heavy atom. The number of imide groups is 1. The minimum Gasteiger partial charge on any atom is -0.476 e. The molecule has 2 rings (SSSR count). The maximum Gasteiger partial charge on any atom is 0.321 e. The predicted molar refractivity (Wildman–Crippen MR) is 93.5 cm³/mol. The minimum atomic E-state index is -1.02. The van der Waals surface area contributed by atoms with Gasteiger partial charge in [-0.15, -0.1) is 0 Å². The highest BCUT2D eigenvalue weighted by molar-refractivity contribution is 5.97. The molecule has 0 aliphatic heterocycles. The first-order valence-electron chi connectivity index (χ1n) is 7.92. The zero-order valence-corrected chi connectivity index (χ0v) is 14.1. The molecule has 2 N–H and O–H groups in total. The Labute approximate surface area is 146 Å². The number of hydrogen-bond donors (Lipinski definition) is 2.